The summed E-state index contributed by atoms with van der Waals surface area (Å²) in [6.07, 6.45) is 8.71. The van der Waals surface area contributed by atoms with Crippen LogP contribution >= 0.6 is 23.4 Å². The van der Waals surface area contributed by atoms with E-state index in [0.717, 1.165) is 42.9 Å². The van der Waals surface area contributed by atoms with Crippen molar-refractivity contribution in [2.24, 2.45) is 11.3 Å². The smallest absolute Gasteiger partial charge is 0.407 e. The Bertz CT molecular complexity index is 1080. The molecule has 1 N–H and O–H groups in total. The maximum Gasteiger partial charge on any atom is 0.407 e. The number of aromatic nitrogens is 1. The third-order valence-electron chi connectivity index (χ3n) is 7.96. The lowest BCUT2D eigenvalue weighted by molar-refractivity contribution is -0.00762. The topological polar surface area (TPSA) is 69.7 Å². The number of fused-ring (bicyclic) bond motifs is 1. The summed E-state index contributed by atoms with van der Waals surface area (Å²) in [5.74, 6) is 4.24. The number of pyridine rings is 1. The minimum atomic E-state index is -0.512. The zero-order chi connectivity index (χ0) is 26.6. The maximum absolute atomic E-state index is 12.8. The Hall–Kier alpha value is -1.86. The summed E-state index contributed by atoms with van der Waals surface area (Å²) in [5.41, 5.74) is -0.458. The average molecular weight is 549 g/mol. The van der Waals surface area contributed by atoms with Gasteiger partial charge < -0.3 is 19.5 Å². The molecule has 1 atom stereocenters. The summed E-state index contributed by atoms with van der Waals surface area (Å²) in [6.45, 7) is 7.92. The van der Waals surface area contributed by atoms with Gasteiger partial charge in [0.05, 0.1) is 18.2 Å². The van der Waals surface area contributed by atoms with Crippen molar-refractivity contribution in [2.45, 2.75) is 90.4 Å². The van der Waals surface area contributed by atoms with Crippen molar-refractivity contribution in [1.82, 2.24) is 10.3 Å². The molecule has 2 aliphatic rings. The molecule has 1 aliphatic heterocycles. The zero-order valence-corrected chi connectivity index (χ0v) is 24.3. The number of thioether (sulfide) groups is 1. The van der Waals surface area contributed by atoms with Crippen LogP contribution in [0.4, 0.5) is 4.79 Å². The van der Waals surface area contributed by atoms with Gasteiger partial charge in [-0.25, -0.2) is 9.78 Å². The van der Waals surface area contributed by atoms with E-state index in [2.05, 4.69) is 17.2 Å². The van der Waals surface area contributed by atoms with Gasteiger partial charge in [-0.05, 0) is 112 Å². The Morgan fingerprint density at radius 3 is 2.54 bits per heavy atom. The Morgan fingerprint density at radius 1 is 1.22 bits per heavy atom. The summed E-state index contributed by atoms with van der Waals surface area (Å²) in [4.78, 5) is 17.1. The number of carbonyl (C=O) groups is 1. The number of nitrogens with zero attached hydrogens (tertiary/aromatic N) is 1. The number of hydrogen-bond acceptors (Lipinski definition) is 6. The van der Waals surface area contributed by atoms with Crippen LogP contribution < -0.4 is 14.8 Å². The van der Waals surface area contributed by atoms with Crippen LogP contribution in [0.3, 0.4) is 0 Å². The van der Waals surface area contributed by atoms with Crippen molar-refractivity contribution in [3.05, 3.63) is 29.4 Å². The molecule has 37 heavy (non-hydrogen) atoms. The second kappa shape index (κ2) is 11.9. The molecular formula is C29H41ClN2O4S. The molecule has 1 aromatic carbocycles. The number of methoxy groups -OCH3 is 1. The molecule has 6 nitrogen and oxygen atoms in total. The number of carbonyl (C=O) groups excluding carboxylic acids is 1. The lowest BCUT2D eigenvalue weighted by Gasteiger charge is -2.51. The van der Waals surface area contributed by atoms with E-state index in [-0.39, 0.29) is 23.7 Å². The molecule has 1 unspecified atom stereocenters. The van der Waals surface area contributed by atoms with Gasteiger partial charge in [-0.1, -0.05) is 18.5 Å². The van der Waals surface area contributed by atoms with E-state index in [9.17, 15) is 4.79 Å². The highest BCUT2D eigenvalue weighted by atomic mass is 35.5. The van der Waals surface area contributed by atoms with Crippen molar-refractivity contribution < 1.29 is 19.0 Å². The Balaban J connectivity index is 1.51. The molecule has 1 amide bonds. The SMILES string of the molecule is CCC(NC(=O)OC(C)(C)C)[C@]1(C2CCSCC2)CC[C@H](Oc2cc3ccnc(OC)c3cc2Cl)CC1. The summed E-state index contributed by atoms with van der Waals surface area (Å²) in [6, 6.07) is 5.90. The molecule has 204 valence electrons. The fraction of sp³-hybridized carbons (Fsp3) is 0.655. The predicted molar refractivity (Wildman–Crippen MR) is 152 cm³/mol. The first-order chi connectivity index (χ1) is 17.6. The molecule has 1 aliphatic carbocycles. The van der Waals surface area contributed by atoms with Crippen molar-refractivity contribution in [3.63, 3.8) is 0 Å². The van der Waals surface area contributed by atoms with Crippen LogP contribution in [0.2, 0.25) is 5.02 Å². The van der Waals surface area contributed by atoms with E-state index in [4.69, 9.17) is 25.8 Å². The fourth-order valence-corrected chi connectivity index (χ4v) is 7.56. The predicted octanol–water partition coefficient (Wildman–Crippen LogP) is 7.65. The number of nitrogens with one attached hydrogen (secondary N) is 1. The number of hydrogen-bond donors (Lipinski definition) is 1. The molecule has 1 aromatic heterocycles. The molecule has 1 saturated carbocycles. The van der Waals surface area contributed by atoms with Crippen molar-refractivity contribution >= 4 is 40.2 Å². The molecule has 0 bridgehead atoms. The third-order valence-corrected chi connectivity index (χ3v) is 9.30. The zero-order valence-electron chi connectivity index (χ0n) is 22.8. The van der Waals surface area contributed by atoms with E-state index < -0.39 is 5.60 Å². The van der Waals surface area contributed by atoms with Crippen LogP contribution in [0.1, 0.15) is 72.6 Å². The van der Waals surface area contributed by atoms with Gasteiger partial charge in [-0.15, -0.1) is 0 Å². The number of benzene rings is 1. The van der Waals surface area contributed by atoms with Gasteiger partial charge >= 0.3 is 6.09 Å². The van der Waals surface area contributed by atoms with Crippen LogP contribution in [0.5, 0.6) is 11.6 Å². The number of halogens is 1. The standard InChI is InChI=1S/C29H41ClN2O4S/c1-6-25(32-27(33)36-28(2,3)4)29(20-10-15-37-16-11-20)12-7-21(8-13-29)35-24-17-19-9-14-31-26(34-5)22(19)18-23(24)30/h9,14,17-18,20-21,25H,6-8,10-13,15-16H2,1-5H3,(H,32,33)/t21-,25?,29+. The first kappa shape index (κ1) is 28.2. The highest BCUT2D eigenvalue weighted by Crippen LogP contribution is 2.51. The average Bonchev–Trinajstić information content (AvgIpc) is 2.87. The lowest BCUT2D eigenvalue weighted by atomic mass is 9.59. The fourth-order valence-electron chi connectivity index (χ4n) is 6.24. The van der Waals surface area contributed by atoms with Gasteiger partial charge in [0.15, 0.2) is 0 Å². The lowest BCUT2D eigenvalue weighted by Crippen LogP contribution is -2.55. The number of alkyl carbamates (subject to hydrolysis) is 1. The van der Waals surface area contributed by atoms with Crippen molar-refractivity contribution in [3.8, 4) is 11.6 Å². The van der Waals surface area contributed by atoms with Gasteiger partial charge in [0.2, 0.25) is 5.88 Å². The first-order valence-electron chi connectivity index (χ1n) is 13.5. The van der Waals surface area contributed by atoms with Crippen molar-refractivity contribution in [2.75, 3.05) is 18.6 Å². The van der Waals surface area contributed by atoms with Gasteiger partial charge in [0.25, 0.3) is 0 Å². The summed E-state index contributed by atoms with van der Waals surface area (Å²) >= 11 is 8.69. The van der Waals surface area contributed by atoms with Gasteiger partial charge in [0, 0.05) is 17.6 Å². The van der Waals surface area contributed by atoms with E-state index in [1.54, 1.807) is 13.3 Å². The molecular weight excluding hydrogens is 508 g/mol. The number of amides is 1. The monoisotopic (exact) mass is 548 g/mol. The van der Waals surface area contributed by atoms with Gasteiger partial charge in [-0.3, -0.25) is 0 Å². The molecule has 2 aromatic rings. The number of ether oxygens (including phenoxy) is 3. The van der Waals surface area contributed by atoms with Crippen LogP contribution in [-0.4, -0.2) is 47.4 Å². The third kappa shape index (κ3) is 6.59. The first-order valence-corrected chi connectivity index (χ1v) is 15.0. The van der Waals surface area contributed by atoms with E-state index in [1.165, 1.54) is 24.3 Å². The Labute approximate surface area is 230 Å². The van der Waals surface area contributed by atoms with Gasteiger partial charge in [-0.2, -0.15) is 11.8 Å². The van der Waals surface area contributed by atoms with E-state index >= 15 is 0 Å². The minimum Gasteiger partial charge on any atom is -0.489 e. The summed E-state index contributed by atoms with van der Waals surface area (Å²) < 4.78 is 17.5. The Kier molecular flexibility index (Phi) is 9.05. The number of rotatable bonds is 7. The van der Waals surface area contributed by atoms with Crippen LogP contribution in [0.15, 0.2) is 24.4 Å². The normalized spacial score (nSPS) is 23.9. The summed E-state index contributed by atoms with van der Waals surface area (Å²) in [5, 5.41) is 5.72. The molecule has 0 spiro atoms. The second-order valence-electron chi connectivity index (χ2n) is 11.4. The van der Waals surface area contributed by atoms with E-state index in [0.29, 0.717) is 22.6 Å². The molecule has 2 fully saturated rings. The Morgan fingerprint density at radius 2 is 1.92 bits per heavy atom. The largest absolute Gasteiger partial charge is 0.489 e. The minimum absolute atomic E-state index is 0.0543. The highest BCUT2D eigenvalue weighted by molar-refractivity contribution is 7.99. The highest BCUT2D eigenvalue weighted by Gasteiger charge is 2.48. The van der Waals surface area contributed by atoms with Crippen LogP contribution in [0.25, 0.3) is 10.8 Å². The quantitative estimate of drug-likeness (QED) is 0.383. The molecule has 1 saturated heterocycles. The molecule has 8 heteroatoms. The molecule has 0 radical (unpaired) electrons. The molecule has 2 heterocycles. The van der Waals surface area contributed by atoms with Gasteiger partial charge in [0.1, 0.15) is 11.4 Å². The second-order valence-corrected chi connectivity index (χ2v) is 13.0. The summed E-state index contributed by atoms with van der Waals surface area (Å²) in [7, 11) is 1.61. The van der Waals surface area contributed by atoms with Crippen LogP contribution in [0, 0.1) is 11.3 Å². The maximum atomic E-state index is 12.8. The van der Waals surface area contributed by atoms with E-state index in [1.807, 2.05) is 50.7 Å². The van der Waals surface area contributed by atoms with Crippen molar-refractivity contribution in [1.29, 1.82) is 0 Å². The molecule has 4 rings (SSSR count). The van der Waals surface area contributed by atoms with Crippen LogP contribution in [-0.2, 0) is 4.74 Å².